The Hall–Kier alpha value is -2.58. The largest absolute Gasteiger partial charge is 0.301 e. The number of rotatable bonds is 4. The van der Waals surface area contributed by atoms with Gasteiger partial charge in [-0.1, -0.05) is 17.8 Å². The Morgan fingerprint density at radius 3 is 2.82 bits per heavy atom. The maximum atomic E-state index is 13.9. The maximum Gasteiger partial charge on any atom is 0.256 e. The predicted octanol–water partition coefficient (Wildman–Crippen LogP) is 3.39. The van der Waals surface area contributed by atoms with Gasteiger partial charge in [-0.05, 0) is 30.0 Å². The maximum absolute atomic E-state index is 13.9. The molecule has 1 aliphatic heterocycles. The number of thioether (sulfide) groups is 1. The van der Waals surface area contributed by atoms with Crippen LogP contribution in [0.2, 0.25) is 0 Å². The Bertz CT molecular complexity index is 1070. The van der Waals surface area contributed by atoms with E-state index in [0.717, 1.165) is 30.3 Å². The summed E-state index contributed by atoms with van der Waals surface area (Å²) in [5.41, 5.74) is 3.17. The molecule has 1 N–H and O–H groups in total. The molecule has 0 aliphatic carbocycles. The van der Waals surface area contributed by atoms with Crippen molar-refractivity contribution in [1.82, 2.24) is 19.9 Å². The average molecular weight is 400 g/mol. The molecular formula is C20H18F2N4OS. The molecule has 3 aromatic rings. The lowest BCUT2D eigenvalue weighted by Crippen LogP contribution is -2.35. The van der Waals surface area contributed by atoms with Crippen molar-refractivity contribution in [1.29, 1.82) is 0 Å². The van der Waals surface area contributed by atoms with Crippen LogP contribution in [-0.2, 0) is 19.5 Å². The van der Waals surface area contributed by atoms with Gasteiger partial charge in [-0.25, -0.2) is 13.8 Å². The SMILES string of the molecule is CSc1nc2c(c(=O)[nH]1)CN(Cc1ccc(-c3ccc(F)cc3F)nc1)CC2. The van der Waals surface area contributed by atoms with Gasteiger partial charge in [0, 0.05) is 43.9 Å². The summed E-state index contributed by atoms with van der Waals surface area (Å²) >= 11 is 1.42. The zero-order valence-corrected chi connectivity index (χ0v) is 16.0. The quantitative estimate of drug-likeness (QED) is 0.537. The lowest BCUT2D eigenvalue weighted by molar-refractivity contribution is 0.240. The summed E-state index contributed by atoms with van der Waals surface area (Å²) in [6.45, 7) is 1.95. The molecule has 4 rings (SSSR count). The molecular weight excluding hydrogens is 382 g/mol. The van der Waals surface area contributed by atoms with Gasteiger partial charge in [-0.2, -0.15) is 0 Å². The highest BCUT2D eigenvalue weighted by atomic mass is 32.2. The Morgan fingerprint density at radius 1 is 1.25 bits per heavy atom. The van der Waals surface area contributed by atoms with Gasteiger partial charge in [-0.15, -0.1) is 0 Å². The molecule has 28 heavy (non-hydrogen) atoms. The molecule has 0 amide bonds. The minimum atomic E-state index is -0.635. The molecule has 0 fully saturated rings. The number of hydrogen-bond acceptors (Lipinski definition) is 5. The second kappa shape index (κ2) is 7.81. The van der Waals surface area contributed by atoms with E-state index in [2.05, 4.69) is 19.9 Å². The summed E-state index contributed by atoms with van der Waals surface area (Å²) < 4.78 is 27.0. The van der Waals surface area contributed by atoms with Crippen LogP contribution in [0.3, 0.4) is 0 Å². The average Bonchev–Trinajstić information content (AvgIpc) is 2.69. The van der Waals surface area contributed by atoms with E-state index in [-0.39, 0.29) is 11.1 Å². The van der Waals surface area contributed by atoms with Crippen LogP contribution >= 0.6 is 11.8 Å². The van der Waals surface area contributed by atoms with E-state index in [9.17, 15) is 13.6 Å². The van der Waals surface area contributed by atoms with Crippen molar-refractivity contribution < 1.29 is 8.78 Å². The lowest BCUT2D eigenvalue weighted by Gasteiger charge is -2.27. The number of halogens is 2. The minimum Gasteiger partial charge on any atom is -0.301 e. The number of pyridine rings is 1. The predicted molar refractivity (Wildman–Crippen MR) is 104 cm³/mol. The summed E-state index contributed by atoms with van der Waals surface area (Å²) in [5.74, 6) is -1.25. The molecule has 0 saturated carbocycles. The summed E-state index contributed by atoms with van der Waals surface area (Å²) in [6, 6.07) is 7.05. The molecule has 2 aromatic heterocycles. The monoisotopic (exact) mass is 400 g/mol. The molecule has 0 bridgehead atoms. The second-order valence-corrected chi connectivity index (χ2v) is 7.43. The van der Waals surface area contributed by atoms with E-state index in [1.54, 1.807) is 12.3 Å². The van der Waals surface area contributed by atoms with Crippen LogP contribution in [0.1, 0.15) is 16.8 Å². The van der Waals surface area contributed by atoms with Crippen LogP contribution in [0, 0.1) is 11.6 Å². The van der Waals surface area contributed by atoms with Gasteiger partial charge in [0.15, 0.2) is 5.16 Å². The number of aromatic amines is 1. The van der Waals surface area contributed by atoms with Gasteiger partial charge in [0.1, 0.15) is 11.6 Å². The third-order valence-electron chi connectivity index (χ3n) is 4.76. The first-order valence-corrected chi connectivity index (χ1v) is 10.0. The van der Waals surface area contributed by atoms with Crippen LogP contribution in [0.15, 0.2) is 46.5 Å². The number of fused-ring (bicyclic) bond motifs is 1. The fourth-order valence-corrected chi connectivity index (χ4v) is 3.72. The van der Waals surface area contributed by atoms with Gasteiger partial charge in [-0.3, -0.25) is 14.7 Å². The molecule has 1 aliphatic rings. The van der Waals surface area contributed by atoms with Crippen molar-refractivity contribution in [3.63, 3.8) is 0 Å². The summed E-state index contributed by atoms with van der Waals surface area (Å²) in [6.07, 6.45) is 4.29. The number of benzene rings is 1. The molecule has 8 heteroatoms. The van der Waals surface area contributed by atoms with Gasteiger partial charge in [0.05, 0.1) is 17.0 Å². The van der Waals surface area contributed by atoms with Crippen molar-refractivity contribution in [3.05, 3.63) is 75.3 Å². The molecule has 144 valence electrons. The Labute approximate surface area is 164 Å². The van der Waals surface area contributed by atoms with E-state index >= 15 is 0 Å². The Balaban J connectivity index is 1.49. The fourth-order valence-electron chi connectivity index (χ4n) is 3.32. The molecule has 0 saturated heterocycles. The third-order valence-corrected chi connectivity index (χ3v) is 5.34. The highest BCUT2D eigenvalue weighted by Gasteiger charge is 2.21. The van der Waals surface area contributed by atoms with E-state index < -0.39 is 11.6 Å². The summed E-state index contributed by atoms with van der Waals surface area (Å²) in [7, 11) is 0. The molecule has 5 nitrogen and oxygen atoms in total. The summed E-state index contributed by atoms with van der Waals surface area (Å²) in [4.78, 5) is 26.1. The number of aromatic nitrogens is 3. The number of nitrogens with one attached hydrogen (secondary N) is 1. The van der Waals surface area contributed by atoms with E-state index in [1.165, 1.54) is 23.9 Å². The standard InChI is InChI=1S/C20H18F2N4OS/c1-28-20-24-18-6-7-26(11-15(18)19(27)25-20)10-12-2-5-17(23-9-12)14-4-3-13(21)8-16(14)22/h2-5,8-9H,6-7,10-11H2,1H3,(H,24,25,27). The smallest absolute Gasteiger partial charge is 0.256 e. The van der Waals surface area contributed by atoms with E-state index in [4.69, 9.17) is 0 Å². The van der Waals surface area contributed by atoms with Crippen LogP contribution in [-0.4, -0.2) is 32.7 Å². The van der Waals surface area contributed by atoms with Crippen LogP contribution in [0.5, 0.6) is 0 Å². The van der Waals surface area contributed by atoms with E-state index in [0.29, 0.717) is 29.5 Å². The molecule has 1 aromatic carbocycles. The van der Waals surface area contributed by atoms with Crippen LogP contribution < -0.4 is 5.56 Å². The highest BCUT2D eigenvalue weighted by Crippen LogP contribution is 2.23. The first kappa shape index (κ1) is 18.8. The highest BCUT2D eigenvalue weighted by molar-refractivity contribution is 7.98. The van der Waals surface area contributed by atoms with Crippen molar-refractivity contribution in [3.8, 4) is 11.3 Å². The van der Waals surface area contributed by atoms with Crippen LogP contribution in [0.4, 0.5) is 8.78 Å². The molecule has 3 heterocycles. The third kappa shape index (κ3) is 3.83. The van der Waals surface area contributed by atoms with Gasteiger partial charge in [0.2, 0.25) is 0 Å². The van der Waals surface area contributed by atoms with Crippen molar-refractivity contribution in [2.75, 3.05) is 12.8 Å². The van der Waals surface area contributed by atoms with E-state index in [1.807, 2.05) is 12.3 Å². The Morgan fingerprint density at radius 2 is 2.11 bits per heavy atom. The second-order valence-electron chi connectivity index (χ2n) is 6.64. The first-order chi connectivity index (χ1) is 13.5. The normalized spacial score (nSPS) is 14.1. The number of hydrogen-bond donors (Lipinski definition) is 1. The van der Waals surface area contributed by atoms with Gasteiger partial charge < -0.3 is 4.98 Å². The Kier molecular flexibility index (Phi) is 5.23. The van der Waals surface area contributed by atoms with Crippen LogP contribution in [0.25, 0.3) is 11.3 Å². The molecule has 0 unspecified atom stereocenters. The topological polar surface area (TPSA) is 61.9 Å². The van der Waals surface area contributed by atoms with Crippen molar-refractivity contribution in [2.45, 2.75) is 24.7 Å². The molecule has 0 spiro atoms. The zero-order valence-electron chi connectivity index (χ0n) is 15.2. The van der Waals surface area contributed by atoms with Gasteiger partial charge >= 0.3 is 0 Å². The zero-order chi connectivity index (χ0) is 19.7. The van der Waals surface area contributed by atoms with Gasteiger partial charge in [0.25, 0.3) is 5.56 Å². The fraction of sp³-hybridized carbons (Fsp3) is 0.250. The first-order valence-electron chi connectivity index (χ1n) is 8.82. The number of nitrogens with zero attached hydrogens (tertiary/aromatic N) is 3. The summed E-state index contributed by atoms with van der Waals surface area (Å²) in [5, 5.41) is 0.644. The van der Waals surface area contributed by atoms with Crippen molar-refractivity contribution >= 4 is 11.8 Å². The molecule has 0 radical (unpaired) electrons. The van der Waals surface area contributed by atoms with Crippen molar-refractivity contribution in [2.24, 2.45) is 0 Å². The minimum absolute atomic E-state index is 0.0840. The number of H-pyrrole nitrogens is 1. The molecule has 0 atom stereocenters. The lowest BCUT2D eigenvalue weighted by atomic mass is 10.1.